The zero-order chi connectivity index (χ0) is 13.2. The normalized spacial score (nSPS) is 13.9. The largest absolute Gasteiger partial charge is 0.382 e. The molecular formula is C15H14BrClN2. The second kappa shape index (κ2) is 5.43. The van der Waals surface area contributed by atoms with Gasteiger partial charge in [-0.05, 0) is 29.8 Å². The fraction of sp³-hybridized carbons (Fsp3) is 0.200. The minimum atomic E-state index is 0.811. The maximum absolute atomic E-state index is 6.30. The topological polar surface area (TPSA) is 15.3 Å². The van der Waals surface area contributed by atoms with E-state index in [0.29, 0.717) is 0 Å². The SMILES string of the molecule is Clc1cc(Br)ccc1CN1CCNc2ccccc21. The van der Waals surface area contributed by atoms with Gasteiger partial charge in [0, 0.05) is 29.1 Å². The quantitative estimate of drug-likeness (QED) is 0.866. The highest BCUT2D eigenvalue weighted by Gasteiger charge is 2.16. The van der Waals surface area contributed by atoms with Crippen LogP contribution >= 0.6 is 27.5 Å². The summed E-state index contributed by atoms with van der Waals surface area (Å²) in [5, 5.41) is 4.23. The van der Waals surface area contributed by atoms with Crippen molar-refractivity contribution in [3.05, 3.63) is 57.5 Å². The number of benzene rings is 2. The number of hydrogen-bond donors (Lipinski definition) is 1. The minimum absolute atomic E-state index is 0.811. The lowest BCUT2D eigenvalue weighted by atomic mass is 10.1. The maximum atomic E-state index is 6.30. The summed E-state index contributed by atoms with van der Waals surface area (Å²) in [6.07, 6.45) is 0. The van der Waals surface area contributed by atoms with Crippen LogP contribution in [-0.2, 0) is 6.54 Å². The van der Waals surface area contributed by atoms with Crippen LogP contribution < -0.4 is 10.2 Å². The van der Waals surface area contributed by atoms with Gasteiger partial charge in [0.25, 0.3) is 0 Å². The van der Waals surface area contributed by atoms with Crippen LogP contribution in [0.5, 0.6) is 0 Å². The van der Waals surface area contributed by atoms with Gasteiger partial charge in [-0.25, -0.2) is 0 Å². The average Bonchev–Trinajstić information content (AvgIpc) is 2.42. The van der Waals surface area contributed by atoms with E-state index < -0.39 is 0 Å². The van der Waals surface area contributed by atoms with E-state index in [1.807, 2.05) is 12.1 Å². The van der Waals surface area contributed by atoms with Crippen LogP contribution in [0.1, 0.15) is 5.56 Å². The minimum Gasteiger partial charge on any atom is -0.382 e. The molecule has 0 spiro atoms. The molecule has 98 valence electrons. The van der Waals surface area contributed by atoms with Crippen LogP contribution in [-0.4, -0.2) is 13.1 Å². The lowest BCUT2D eigenvalue weighted by molar-refractivity contribution is 0.787. The number of nitrogens with one attached hydrogen (secondary N) is 1. The van der Waals surface area contributed by atoms with Crippen molar-refractivity contribution in [1.82, 2.24) is 0 Å². The molecule has 2 aromatic rings. The molecule has 2 aromatic carbocycles. The molecule has 0 unspecified atom stereocenters. The molecule has 1 aliphatic rings. The Morgan fingerprint density at radius 3 is 2.89 bits per heavy atom. The van der Waals surface area contributed by atoms with E-state index in [2.05, 4.69) is 56.5 Å². The molecule has 1 N–H and O–H groups in total. The number of para-hydroxylation sites is 2. The molecule has 0 fully saturated rings. The van der Waals surface area contributed by atoms with E-state index in [4.69, 9.17) is 11.6 Å². The zero-order valence-corrected chi connectivity index (χ0v) is 12.7. The lowest BCUT2D eigenvalue weighted by Gasteiger charge is -2.32. The van der Waals surface area contributed by atoms with Gasteiger partial charge >= 0.3 is 0 Å². The van der Waals surface area contributed by atoms with Gasteiger partial charge in [0.05, 0.1) is 11.4 Å². The molecule has 0 aliphatic carbocycles. The highest BCUT2D eigenvalue weighted by molar-refractivity contribution is 9.10. The first-order valence-electron chi connectivity index (χ1n) is 6.26. The Hall–Kier alpha value is -1.19. The van der Waals surface area contributed by atoms with Gasteiger partial charge < -0.3 is 10.2 Å². The molecule has 0 saturated heterocycles. The number of fused-ring (bicyclic) bond motifs is 1. The van der Waals surface area contributed by atoms with Crippen LogP contribution in [0.4, 0.5) is 11.4 Å². The third kappa shape index (κ3) is 2.72. The summed E-state index contributed by atoms with van der Waals surface area (Å²) >= 11 is 9.74. The Kier molecular flexibility index (Phi) is 3.67. The van der Waals surface area contributed by atoms with Gasteiger partial charge in [-0.1, -0.05) is 45.7 Å². The summed E-state index contributed by atoms with van der Waals surface area (Å²) in [5.41, 5.74) is 3.59. The molecule has 0 bridgehead atoms. The first kappa shape index (κ1) is 12.8. The van der Waals surface area contributed by atoms with Crippen LogP contribution in [0, 0.1) is 0 Å². The average molecular weight is 338 g/mol. The van der Waals surface area contributed by atoms with E-state index in [9.17, 15) is 0 Å². The van der Waals surface area contributed by atoms with Gasteiger partial charge in [-0.2, -0.15) is 0 Å². The Morgan fingerprint density at radius 2 is 2.05 bits per heavy atom. The van der Waals surface area contributed by atoms with Crippen molar-refractivity contribution < 1.29 is 0 Å². The summed E-state index contributed by atoms with van der Waals surface area (Å²) in [4.78, 5) is 2.36. The fourth-order valence-electron chi connectivity index (χ4n) is 2.36. The third-order valence-corrected chi connectivity index (χ3v) is 4.16. The van der Waals surface area contributed by atoms with Crippen molar-refractivity contribution in [2.24, 2.45) is 0 Å². The molecule has 2 nitrogen and oxygen atoms in total. The van der Waals surface area contributed by atoms with E-state index >= 15 is 0 Å². The second-order valence-electron chi connectivity index (χ2n) is 4.60. The van der Waals surface area contributed by atoms with E-state index in [1.165, 1.54) is 11.4 Å². The maximum Gasteiger partial charge on any atom is 0.0605 e. The molecular weight excluding hydrogens is 324 g/mol. The molecule has 0 atom stereocenters. The van der Waals surface area contributed by atoms with Crippen molar-refractivity contribution in [3.63, 3.8) is 0 Å². The summed E-state index contributed by atoms with van der Waals surface area (Å²) in [5.74, 6) is 0. The Bertz CT molecular complexity index is 600. The zero-order valence-electron chi connectivity index (χ0n) is 10.4. The van der Waals surface area contributed by atoms with Crippen LogP contribution in [0.3, 0.4) is 0 Å². The van der Waals surface area contributed by atoms with Crippen LogP contribution in [0.2, 0.25) is 5.02 Å². The van der Waals surface area contributed by atoms with Gasteiger partial charge in [0.15, 0.2) is 0 Å². The van der Waals surface area contributed by atoms with Crippen molar-refractivity contribution in [2.75, 3.05) is 23.3 Å². The first-order chi connectivity index (χ1) is 9.24. The molecule has 0 aromatic heterocycles. The standard InChI is InChI=1S/C15H14BrClN2/c16-12-6-5-11(13(17)9-12)10-19-8-7-18-14-3-1-2-4-15(14)19/h1-6,9,18H,7-8,10H2. The monoisotopic (exact) mass is 336 g/mol. The highest BCUT2D eigenvalue weighted by atomic mass is 79.9. The number of anilines is 2. The molecule has 4 heteroatoms. The summed E-state index contributed by atoms with van der Waals surface area (Å²) in [7, 11) is 0. The van der Waals surface area contributed by atoms with E-state index in [-0.39, 0.29) is 0 Å². The van der Waals surface area contributed by atoms with Crippen molar-refractivity contribution in [1.29, 1.82) is 0 Å². The fourth-order valence-corrected chi connectivity index (χ4v) is 3.10. The van der Waals surface area contributed by atoms with Crippen LogP contribution in [0.25, 0.3) is 0 Å². The number of rotatable bonds is 2. The van der Waals surface area contributed by atoms with Gasteiger partial charge in [0.1, 0.15) is 0 Å². The van der Waals surface area contributed by atoms with Gasteiger partial charge in [0.2, 0.25) is 0 Å². The third-order valence-electron chi connectivity index (χ3n) is 3.32. The Morgan fingerprint density at radius 1 is 1.21 bits per heavy atom. The molecule has 1 aliphatic heterocycles. The molecule has 19 heavy (non-hydrogen) atoms. The van der Waals surface area contributed by atoms with Crippen molar-refractivity contribution in [2.45, 2.75) is 6.54 Å². The summed E-state index contributed by atoms with van der Waals surface area (Å²) in [6.45, 7) is 2.79. The molecule has 1 heterocycles. The van der Waals surface area contributed by atoms with Gasteiger partial charge in [-0.3, -0.25) is 0 Å². The first-order valence-corrected chi connectivity index (χ1v) is 7.43. The smallest absolute Gasteiger partial charge is 0.0605 e. The molecule has 0 saturated carbocycles. The number of hydrogen-bond acceptors (Lipinski definition) is 2. The van der Waals surface area contributed by atoms with E-state index in [1.54, 1.807) is 0 Å². The summed E-state index contributed by atoms with van der Waals surface area (Å²) in [6, 6.07) is 14.5. The Labute approximate surface area is 126 Å². The van der Waals surface area contributed by atoms with Crippen LogP contribution in [0.15, 0.2) is 46.9 Å². The molecule has 0 radical (unpaired) electrons. The van der Waals surface area contributed by atoms with Gasteiger partial charge in [-0.15, -0.1) is 0 Å². The number of halogens is 2. The second-order valence-corrected chi connectivity index (χ2v) is 5.92. The highest BCUT2D eigenvalue weighted by Crippen LogP contribution is 2.31. The molecule has 3 rings (SSSR count). The lowest BCUT2D eigenvalue weighted by Crippen LogP contribution is -2.33. The predicted molar refractivity (Wildman–Crippen MR) is 85.1 cm³/mol. The number of nitrogens with zero attached hydrogens (tertiary/aromatic N) is 1. The predicted octanol–water partition coefficient (Wildman–Crippen LogP) is 4.53. The van der Waals surface area contributed by atoms with Crippen molar-refractivity contribution in [3.8, 4) is 0 Å². The van der Waals surface area contributed by atoms with Crippen molar-refractivity contribution >= 4 is 38.9 Å². The van der Waals surface area contributed by atoms with E-state index in [0.717, 1.165) is 34.7 Å². The Balaban J connectivity index is 1.88. The summed E-state index contributed by atoms with van der Waals surface area (Å²) < 4.78 is 1.02. The molecule has 0 amide bonds.